The predicted octanol–water partition coefficient (Wildman–Crippen LogP) is 2.80. The van der Waals surface area contributed by atoms with Crippen LogP contribution in [0.1, 0.15) is 23.7 Å². The fourth-order valence-corrected chi connectivity index (χ4v) is 2.00. The van der Waals surface area contributed by atoms with E-state index in [0.717, 1.165) is 13.0 Å². The molecule has 1 aromatic heterocycles. The van der Waals surface area contributed by atoms with E-state index in [1.165, 1.54) is 12.3 Å². The minimum Gasteiger partial charge on any atom is -0.337 e. The van der Waals surface area contributed by atoms with E-state index < -0.39 is 0 Å². The molecule has 0 N–H and O–H groups in total. The Labute approximate surface area is 124 Å². The van der Waals surface area contributed by atoms with Crippen LogP contribution in [0.4, 0.5) is 0 Å². The maximum absolute atomic E-state index is 12.5. The third-order valence-electron chi connectivity index (χ3n) is 2.65. The Morgan fingerprint density at radius 3 is 2.53 bits per heavy atom. The van der Waals surface area contributed by atoms with Gasteiger partial charge >= 0.3 is 0 Å². The van der Waals surface area contributed by atoms with Crippen LogP contribution in [0.25, 0.3) is 0 Å². The molecular weight excluding hydrogens is 285 g/mol. The van der Waals surface area contributed by atoms with Gasteiger partial charge in [-0.3, -0.25) is 4.79 Å². The topological polar surface area (TPSA) is 36.4 Å². The molecule has 0 fully saturated rings. The number of carbonyl (C=O) groups excluding carboxylic acids is 1. The highest BCUT2D eigenvalue weighted by Crippen LogP contribution is 2.20. The molecule has 0 aliphatic carbocycles. The average molecular weight is 304 g/mol. The van der Waals surface area contributed by atoms with Crippen molar-refractivity contribution >= 4 is 29.1 Å². The summed E-state index contributed by atoms with van der Waals surface area (Å²) in [6.07, 6.45) is 2.31. The van der Waals surface area contributed by atoms with E-state index in [1.54, 1.807) is 4.90 Å². The minimum absolute atomic E-state index is 0.0991. The normalized spacial score (nSPS) is 10.8. The van der Waals surface area contributed by atoms with Crippen molar-refractivity contribution in [1.82, 2.24) is 14.8 Å². The van der Waals surface area contributed by atoms with Gasteiger partial charge in [0.2, 0.25) is 0 Å². The van der Waals surface area contributed by atoms with Crippen molar-refractivity contribution in [3.63, 3.8) is 0 Å². The van der Waals surface area contributed by atoms with Gasteiger partial charge in [-0.05, 0) is 26.6 Å². The second kappa shape index (κ2) is 7.68. The summed E-state index contributed by atoms with van der Waals surface area (Å²) in [7, 11) is 3.95. The molecule has 0 bridgehead atoms. The Morgan fingerprint density at radius 2 is 1.95 bits per heavy atom. The number of hydrogen-bond acceptors (Lipinski definition) is 3. The largest absolute Gasteiger partial charge is 0.337 e. The average Bonchev–Trinajstić information content (AvgIpc) is 2.36. The molecule has 1 heterocycles. The third kappa shape index (κ3) is 4.97. The molecule has 0 saturated carbocycles. The maximum Gasteiger partial charge on any atom is 0.255 e. The van der Waals surface area contributed by atoms with E-state index in [1.807, 2.05) is 25.9 Å². The van der Waals surface area contributed by atoms with Crippen molar-refractivity contribution < 1.29 is 4.79 Å². The summed E-state index contributed by atoms with van der Waals surface area (Å²) < 4.78 is 0. The summed E-state index contributed by atoms with van der Waals surface area (Å²) in [5.41, 5.74) is 0.411. The van der Waals surface area contributed by atoms with Crippen LogP contribution in [-0.2, 0) is 0 Å². The van der Waals surface area contributed by atoms with Crippen LogP contribution < -0.4 is 0 Å². The van der Waals surface area contributed by atoms with E-state index in [4.69, 9.17) is 23.2 Å². The van der Waals surface area contributed by atoms with Crippen molar-refractivity contribution in [1.29, 1.82) is 0 Å². The zero-order chi connectivity index (χ0) is 14.4. The number of amides is 1. The van der Waals surface area contributed by atoms with E-state index >= 15 is 0 Å². The summed E-state index contributed by atoms with van der Waals surface area (Å²) in [4.78, 5) is 20.1. The molecule has 1 aromatic rings. The molecular formula is C13H19Cl2N3O. The fraction of sp³-hybridized carbons (Fsp3) is 0.538. The number of hydrogen-bond donors (Lipinski definition) is 0. The first kappa shape index (κ1) is 16.2. The molecule has 0 aliphatic rings. The summed E-state index contributed by atoms with van der Waals surface area (Å²) in [5.74, 6) is -0.0991. The molecule has 0 saturated heterocycles. The molecule has 0 aromatic carbocycles. The van der Waals surface area contributed by atoms with Gasteiger partial charge in [-0.1, -0.05) is 30.1 Å². The van der Waals surface area contributed by atoms with Crippen LogP contribution in [-0.4, -0.2) is 54.4 Å². The van der Waals surface area contributed by atoms with Crippen LogP contribution >= 0.6 is 23.2 Å². The first-order chi connectivity index (χ1) is 8.95. The van der Waals surface area contributed by atoms with Crippen molar-refractivity contribution in [2.24, 2.45) is 0 Å². The number of rotatable bonds is 6. The van der Waals surface area contributed by atoms with Crippen LogP contribution in [0, 0.1) is 0 Å². The van der Waals surface area contributed by atoms with Gasteiger partial charge in [0.1, 0.15) is 5.15 Å². The van der Waals surface area contributed by atoms with E-state index in [-0.39, 0.29) is 11.1 Å². The van der Waals surface area contributed by atoms with Gasteiger partial charge in [-0.25, -0.2) is 4.98 Å². The Balaban J connectivity index is 2.88. The SMILES string of the molecule is CCCN(CCN(C)C)C(=O)c1cc(Cl)ncc1Cl. The summed E-state index contributed by atoms with van der Waals surface area (Å²) >= 11 is 11.8. The van der Waals surface area contributed by atoms with Crippen LogP contribution in [0.15, 0.2) is 12.3 Å². The number of halogens is 2. The van der Waals surface area contributed by atoms with E-state index in [2.05, 4.69) is 4.98 Å². The number of likely N-dealkylation sites (N-methyl/N-ethyl adjacent to an activating group) is 1. The van der Waals surface area contributed by atoms with Crippen molar-refractivity contribution in [3.8, 4) is 0 Å². The Kier molecular flexibility index (Phi) is 6.55. The van der Waals surface area contributed by atoms with Gasteiger partial charge in [-0.2, -0.15) is 0 Å². The Bertz CT molecular complexity index is 438. The second-order valence-corrected chi connectivity index (χ2v) is 5.38. The highest BCUT2D eigenvalue weighted by Gasteiger charge is 2.18. The molecule has 0 spiro atoms. The fourth-order valence-electron chi connectivity index (χ4n) is 1.65. The maximum atomic E-state index is 12.5. The summed E-state index contributed by atoms with van der Waals surface area (Å²) in [6, 6.07) is 1.52. The lowest BCUT2D eigenvalue weighted by Gasteiger charge is -2.24. The first-order valence-corrected chi connectivity index (χ1v) is 6.96. The number of nitrogens with zero attached hydrogens (tertiary/aromatic N) is 3. The number of carbonyl (C=O) groups is 1. The summed E-state index contributed by atoms with van der Waals surface area (Å²) in [6.45, 7) is 4.21. The Hall–Kier alpha value is -0.840. The highest BCUT2D eigenvalue weighted by atomic mass is 35.5. The minimum atomic E-state index is -0.0991. The second-order valence-electron chi connectivity index (χ2n) is 4.58. The molecule has 0 atom stereocenters. The van der Waals surface area contributed by atoms with Gasteiger partial charge < -0.3 is 9.80 Å². The highest BCUT2D eigenvalue weighted by molar-refractivity contribution is 6.35. The van der Waals surface area contributed by atoms with Crippen LogP contribution in [0.3, 0.4) is 0 Å². The zero-order valence-corrected chi connectivity index (χ0v) is 13.0. The predicted molar refractivity (Wildman–Crippen MR) is 79.0 cm³/mol. The number of pyridine rings is 1. The lowest BCUT2D eigenvalue weighted by molar-refractivity contribution is 0.0745. The van der Waals surface area contributed by atoms with E-state index in [0.29, 0.717) is 23.7 Å². The van der Waals surface area contributed by atoms with Gasteiger partial charge in [0.05, 0.1) is 10.6 Å². The summed E-state index contributed by atoms with van der Waals surface area (Å²) in [5, 5.41) is 0.608. The zero-order valence-electron chi connectivity index (χ0n) is 11.5. The molecule has 1 rings (SSSR count). The van der Waals surface area contributed by atoms with E-state index in [9.17, 15) is 4.79 Å². The first-order valence-electron chi connectivity index (χ1n) is 6.20. The van der Waals surface area contributed by atoms with Crippen molar-refractivity contribution in [2.75, 3.05) is 33.7 Å². The molecule has 19 heavy (non-hydrogen) atoms. The third-order valence-corrected chi connectivity index (χ3v) is 3.16. The quantitative estimate of drug-likeness (QED) is 0.758. The molecule has 4 nitrogen and oxygen atoms in total. The molecule has 0 radical (unpaired) electrons. The molecule has 1 amide bonds. The van der Waals surface area contributed by atoms with Crippen LogP contribution in [0.2, 0.25) is 10.2 Å². The molecule has 0 aliphatic heterocycles. The van der Waals surface area contributed by atoms with Gasteiger partial charge in [0, 0.05) is 25.8 Å². The molecule has 0 unspecified atom stereocenters. The smallest absolute Gasteiger partial charge is 0.255 e. The monoisotopic (exact) mass is 303 g/mol. The van der Waals surface area contributed by atoms with Crippen molar-refractivity contribution in [2.45, 2.75) is 13.3 Å². The lowest BCUT2D eigenvalue weighted by atomic mass is 10.2. The van der Waals surface area contributed by atoms with Crippen LogP contribution in [0.5, 0.6) is 0 Å². The number of aromatic nitrogens is 1. The van der Waals surface area contributed by atoms with Gasteiger partial charge in [0.25, 0.3) is 5.91 Å². The van der Waals surface area contributed by atoms with Crippen molar-refractivity contribution in [3.05, 3.63) is 28.0 Å². The standard InChI is InChI=1S/C13H19Cl2N3O/c1-4-5-18(7-6-17(2)3)13(19)10-8-12(15)16-9-11(10)14/h8-9H,4-7H2,1-3H3. The lowest BCUT2D eigenvalue weighted by Crippen LogP contribution is -2.37. The Morgan fingerprint density at radius 1 is 1.26 bits per heavy atom. The molecule has 6 heteroatoms. The van der Waals surface area contributed by atoms with Gasteiger partial charge in [0.15, 0.2) is 0 Å². The van der Waals surface area contributed by atoms with Gasteiger partial charge in [-0.15, -0.1) is 0 Å². The molecule has 106 valence electrons.